The molecule has 0 radical (unpaired) electrons. The number of aliphatic hydroxyl groups excluding tert-OH is 6. The summed E-state index contributed by atoms with van der Waals surface area (Å²) in [6.07, 6.45) is -5.91. The molecule has 0 saturated carbocycles. The van der Waals surface area contributed by atoms with Crippen molar-refractivity contribution < 1.29 is 40.1 Å². The molecule has 1 aliphatic rings. The van der Waals surface area contributed by atoms with Crippen LogP contribution >= 0.6 is 0 Å². The van der Waals surface area contributed by atoms with Gasteiger partial charge in [0.2, 0.25) is 0 Å². The smallest absolute Gasteiger partial charge is 0.186 e. The van der Waals surface area contributed by atoms with E-state index in [0.29, 0.717) is 19.6 Å². The Morgan fingerprint density at radius 1 is 0.534 bits per heavy atom. The van der Waals surface area contributed by atoms with Crippen LogP contribution in [0, 0.1) is 62.3 Å². The average Bonchev–Trinajstić information content (AvgIpc) is 3.14. The third kappa shape index (κ3) is 14.8. The molecule has 1 saturated heterocycles. The SMILES string of the molecule is CCO.CCO.CO[C@@H]1O[C@H](CO)[C@@H](O)[C@H](O)[C@H]1O.Cc1cc(C)nc(NCc2c(C)c(CNc3cc(C)cc(C)n3)c(C)c(CNc3cc(C)cc(C)n3)c2C)c1. The molecule has 0 aliphatic carbocycles. The lowest BCUT2D eigenvalue weighted by Crippen LogP contribution is -2.58. The van der Waals surface area contributed by atoms with E-state index in [1.807, 2.05) is 20.8 Å². The number of pyridine rings is 3. The van der Waals surface area contributed by atoms with Crippen molar-refractivity contribution in [3.8, 4) is 0 Å². The van der Waals surface area contributed by atoms with Crippen molar-refractivity contribution >= 4 is 17.5 Å². The number of aromatic nitrogens is 3. The first-order chi connectivity index (χ1) is 27.4. The monoisotopic (exact) mass is 809 g/mol. The summed E-state index contributed by atoms with van der Waals surface area (Å²) in [6.45, 7) is 24.7. The number of rotatable bonds is 11. The van der Waals surface area contributed by atoms with Gasteiger partial charge in [0.1, 0.15) is 41.9 Å². The molecule has 322 valence electrons. The minimum Gasteiger partial charge on any atom is -0.397 e. The molecule has 5 atom stereocenters. The molecule has 14 heteroatoms. The third-order valence-corrected chi connectivity index (χ3v) is 9.43. The van der Waals surface area contributed by atoms with Crippen LogP contribution < -0.4 is 16.0 Å². The van der Waals surface area contributed by atoms with Crippen molar-refractivity contribution in [2.24, 2.45) is 0 Å². The molecule has 0 unspecified atom stereocenters. The van der Waals surface area contributed by atoms with Gasteiger partial charge in [-0.05, 0) is 163 Å². The number of nitrogens with zero attached hydrogens (tertiary/aromatic N) is 3. The highest BCUT2D eigenvalue weighted by atomic mass is 16.7. The topological polar surface area (TPSA) is 215 Å². The van der Waals surface area contributed by atoms with Crippen molar-refractivity contribution in [3.05, 3.63) is 104 Å². The van der Waals surface area contributed by atoms with Crippen LogP contribution in [0.2, 0.25) is 0 Å². The van der Waals surface area contributed by atoms with E-state index < -0.39 is 37.3 Å². The Balaban J connectivity index is 0.000000506. The van der Waals surface area contributed by atoms with Gasteiger partial charge in [0, 0.05) is 57.0 Å². The van der Waals surface area contributed by atoms with Gasteiger partial charge in [-0.2, -0.15) is 0 Å². The van der Waals surface area contributed by atoms with Gasteiger partial charge in [0.15, 0.2) is 6.29 Å². The fraction of sp³-hybridized carbons (Fsp3) is 0.523. The molecule has 4 aromatic rings. The summed E-state index contributed by atoms with van der Waals surface area (Å²) in [5.74, 6) is 2.72. The van der Waals surface area contributed by atoms with Crippen molar-refractivity contribution in [1.82, 2.24) is 15.0 Å². The standard InChI is InChI=1S/C33H42N6.C7H14O6.2C2H6O/c1-19-10-22(4)37-31(13-19)34-16-28-25(7)29(17-35-32-14-20(2)11-23(5)38-32)27(9)30(26(28)8)18-36-33-15-21(3)12-24(6)39-33;1-12-7-6(11)5(10)4(9)3(2-8)13-7;2*1-2-3/h10-15H,16-18H2,1-9H3,(H,34,37)(H,35,38)(H,36,39);3-11H,2H2,1H3;2*3H,2H2,1H3/t;3-,4-,5+,6-,7-;;/m.1../s1. The summed E-state index contributed by atoms with van der Waals surface area (Å²) in [5, 5.41) is 62.5. The molecule has 1 aromatic carbocycles. The lowest BCUT2D eigenvalue weighted by atomic mass is 9.87. The summed E-state index contributed by atoms with van der Waals surface area (Å²) in [4.78, 5) is 14.1. The van der Waals surface area contributed by atoms with E-state index >= 15 is 0 Å². The van der Waals surface area contributed by atoms with E-state index in [4.69, 9.17) is 39.7 Å². The van der Waals surface area contributed by atoms with E-state index in [2.05, 4.69) is 93.9 Å². The number of methoxy groups -OCH3 is 1. The van der Waals surface area contributed by atoms with Crippen molar-refractivity contribution in [2.75, 3.05) is 42.9 Å². The molecule has 1 aliphatic heterocycles. The molecular formula is C44H68N6O8. The number of aliphatic hydroxyl groups is 6. The van der Waals surface area contributed by atoms with Gasteiger partial charge in [0.25, 0.3) is 0 Å². The summed E-state index contributed by atoms with van der Waals surface area (Å²) in [5.41, 5.74) is 14.5. The summed E-state index contributed by atoms with van der Waals surface area (Å²) in [7, 11) is 1.30. The molecule has 58 heavy (non-hydrogen) atoms. The van der Waals surface area contributed by atoms with E-state index in [9.17, 15) is 15.3 Å². The molecule has 4 heterocycles. The second kappa shape index (κ2) is 24.6. The zero-order valence-electron chi connectivity index (χ0n) is 36.4. The normalized spacial score (nSPS) is 18.4. The van der Waals surface area contributed by atoms with Crippen LogP contribution in [0.1, 0.15) is 81.0 Å². The molecule has 3 aromatic heterocycles. The summed E-state index contributed by atoms with van der Waals surface area (Å²) < 4.78 is 9.65. The van der Waals surface area contributed by atoms with Crippen LogP contribution in [-0.4, -0.2) is 103 Å². The van der Waals surface area contributed by atoms with Crippen LogP contribution in [0.25, 0.3) is 0 Å². The molecule has 0 bridgehead atoms. The molecule has 5 rings (SSSR count). The van der Waals surface area contributed by atoms with Gasteiger partial charge in [-0.25, -0.2) is 15.0 Å². The number of ether oxygens (including phenoxy) is 2. The first-order valence-electron chi connectivity index (χ1n) is 19.7. The van der Waals surface area contributed by atoms with Crippen LogP contribution in [0.15, 0.2) is 36.4 Å². The van der Waals surface area contributed by atoms with Gasteiger partial charge in [-0.1, -0.05) is 0 Å². The van der Waals surface area contributed by atoms with Gasteiger partial charge in [-0.3, -0.25) is 0 Å². The Kier molecular flexibility index (Phi) is 21.2. The van der Waals surface area contributed by atoms with E-state index in [0.717, 1.165) is 34.5 Å². The first-order valence-corrected chi connectivity index (χ1v) is 19.7. The van der Waals surface area contributed by atoms with E-state index in [-0.39, 0.29) is 13.2 Å². The minimum absolute atomic E-state index is 0.250. The maximum Gasteiger partial charge on any atom is 0.186 e. The number of anilines is 3. The number of hydrogen-bond donors (Lipinski definition) is 9. The van der Waals surface area contributed by atoms with Crippen LogP contribution in [0.3, 0.4) is 0 Å². The van der Waals surface area contributed by atoms with Gasteiger partial charge in [0.05, 0.1) is 6.61 Å². The van der Waals surface area contributed by atoms with Gasteiger partial charge >= 0.3 is 0 Å². The van der Waals surface area contributed by atoms with Gasteiger partial charge in [-0.15, -0.1) is 0 Å². The fourth-order valence-corrected chi connectivity index (χ4v) is 6.78. The molecular weight excluding hydrogens is 741 g/mol. The average molecular weight is 809 g/mol. The Morgan fingerprint density at radius 3 is 1.10 bits per heavy atom. The van der Waals surface area contributed by atoms with Crippen LogP contribution in [0.4, 0.5) is 17.5 Å². The third-order valence-electron chi connectivity index (χ3n) is 9.43. The first kappa shape index (κ1) is 49.9. The van der Waals surface area contributed by atoms with Gasteiger partial charge < -0.3 is 56.1 Å². The second-order valence-electron chi connectivity index (χ2n) is 14.5. The highest BCUT2D eigenvalue weighted by Crippen LogP contribution is 2.30. The van der Waals surface area contributed by atoms with Crippen LogP contribution in [0.5, 0.6) is 0 Å². The summed E-state index contributed by atoms with van der Waals surface area (Å²) >= 11 is 0. The predicted molar refractivity (Wildman–Crippen MR) is 230 cm³/mol. The highest BCUT2D eigenvalue weighted by molar-refractivity contribution is 5.55. The zero-order chi connectivity index (χ0) is 43.7. The summed E-state index contributed by atoms with van der Waals surface area (Å²) in [6, 6.07) is 12.6. The maximum atomic E-state index is 9.28. The Labute approximate surface area is 344 Å². The number of aryl methyl sites for hydroxylation is 6. The van der Waals surface area contributed by atoms with E-state index in [1.165, 1.54) is 57.2 Å². The highest BCUT2D eigenvalue weighted by Gasteiger charge is 2.43. The molecule has 14 nitrogen and oxygen atoms in total. The Morgan fingerprint density at radius 2 is 0.845 bits per heavy atom. The van der Waals surface area contributed by atoms with Crippen LogP contribution in [-0.2, 0) is 29.1 Å². The van der Waals surface area contributed by atoms with Crippen molar-refractivity contribution in [2.45, 2.75) is 127 Å². The number of benzene rings is 1. The Hall–Kier alpha value is -4.25. The quantitative estimate of drug-likeness (QED) is 0.0985. The lowest BCUT2D eigenvalue weighted by molar-refractivity contribution is -0.294. The van der Waals surface area contributed by atoms with Crippen molar-refractivity contribution in [1.29, 1.82) is 0 Å². The largest absolute Gasteiger partial charge is 0.397 e. The second-order valence-corrected chi connectivity index (χ2v) is 14.5. The molecule has 1 fully saturated rings. The number of nitrogens with one attached hydrogen (secondary N) is 3. The molecule has 0 spiro atoms. The lowest BCUT2D eigenvalue weighted by Gasteiger charge is -2.38. The molecule has 9 N–H and O–H groups in total. The maximum absolute atomic E-state index is 9.28. The number of hydrogen-bond acceptors (Lipinski definition) is 14. The predicted octanol–water partition coefficient (Wildman–Crippen LogP) is 4.91. The van der Waals surface area contributed by atoms with E-state index in [1.54, 1.807) is 13.8 Å². The van der Waals surface area contributed by atoms with Crippen molar-refractivity contribution in [3.63, 3.8) is 0 Å². The Bertz CT molecular complexity index is 1590. The minimum atomic E-state index is -1.36. The zero-order valence-corrected chi connectivity index (χ0v) is 36.4. The molecule has 0 amide bonds. The fourth-order valence-electron chi connectivity index (χ4n) is 6.78.